The molecule has 1 saturated carbocycles. The number of carboxylic acid groups (broad SMARTS) is 1. The fraction of sp³-hybridized carbons (Fsp3) is 0.385. The number of hydrogen-bond acceptors (Lipinski definition) is 7. The van der Waals surface area contributed by atoms with Crippen LogP contribution in [0.2, 0.25) is 0 Å². The highest BCUT2D eigenvalue weighted by Gasteiger charge is 2.49. The van der Waals surface area contributed by atoms with Gasteiger partial charge in [0.2, 0.25) is 5.91 Å². The van der Waals surface area contributed by atoms with Crippen molar-refractivity contribution in [2.45, 2.75) is 41.9 Å². The van der Waals surface area contributed by atoms with Crippen LogP contribution in [0.15, 0.2) is 59.5 Å². The zero-order valence-corrected chi connectivity index (χ0v) is 21.5. The Hall–Kier alpha value is -3.42. The predicted molar refractivity (Wildman–Crippen MR) is 133 cm³/mol. The molecule has 210 valence electrons. The van der Waals surface area contributed by atoms with Crippen molar-refractivity contribution < 1.29 is 46.1 Å². The second kappa shape index (κ2) is 11.0. The molecule has 1 amide bonds. The SMILES string of the molecule is COc1ccc(CCC(=O)O)cc1C(O)N[C@H]1[C@@H](C(=O)Nc2cccc(S(=O)(=O)C(F)(F)F)c2)[C@@H]2C=C[C@H]1C2. The summed E-state index contributed by atoms with van der Waals surface area (Å²) in [5, 5.41) is 25.6. The number of fused-ring (bicyclic) bond motifs is 2. The lowest BCUT2D eigenvalue weighted by atomic mass is 9.87. The van der Waals surface area contributed by atoms with E-state index in [9.17, 15) is 36.3 Å². The first-order chi connectivity index (χ1) is 18.3. The Labute approximate surface area is 222 Å². The van der Waals surface area contributed by atoms with Gasteiger partial charge in [0, 0.05) is 23.7 Å². The number of carboxylic acids is 1. The highest BCUT2D eigenvalue weighted by Crippen LogP contribution is 2.45. The Morgan fingerprint density at radius 2 is 1.85 bits per heavy atom. The Morgan fingerprint density at radius 1 is 1.13 bits per heavy atom. The molecule has 0 heterocycles. The van der Waals surface area contributed by atoms with E-state index >= 15 is 0 Å². The number of aliphatic hydroxyl groups excluding tert-OH is 1. The Kier molecular flexibility index (Phi) is 8.05. The molecule has 4 rings (SSSR count). The van der Waals surface area contributed by atoms with E-state index in [1.165, 1.54) is 13.2 Å². The third-order valence-corrected chi connectivity index (χ3v) is 8.53. The lowest BCUT2D eigenvalue weighted by Crippen LogP contribution is -2.46. The molecule has 4 N–H and O–H groups in total. The monoisotopic (exact) mass is 568 g/mol. The van der Waals surface area contributed by atoms with E-state index in [4.69, 9.17) is 9.84 Å². The van der Waals surface area contributed by atoms with Gasteiger partial charge in [-0.3, -0.25) is 14.9 Å². The van der Waals surface area contributed by atoms with E-state index in [0.29, 0.717) is 23.3 Å². The number of alkyl halides is 3. The minimum Gasteiger partial charge on any atom is -0.496 e. The molecule has 0 aliphatic heterocycles. The topological polar surface area (TPSA) is 142 Å². The number of carbonyl (C=O) groups is 2. The zero-order valence-electron chi connectivity index (χ0n) is 20.7. The van der Waals surface area contributed by atoms with Gasteiger partial charge in [-0.05, 0) is 60.6 Å². The number of allylic oxidation sites excluding steroid dienone is 1. The molecular formula is C26H27F3N2O7S. The number of carbonyl (C=O) groups excluding carboxylic acids is 1. The van der Waals surface area contributed by atoms with E-state index in [1.807, 2.05) is 12.2 Å². The van der Waals surface area contributed by atoms with E-state index in [1.54, 1.807) is 18.2 Å². The normalized spacial score (nSPS) is 23.0. The van der Waals surface area contributed by atoms with Crippen molar-refractivity contribution in [3.05, 3.63) is 65.7 Å². The largest absolute Gasteiger partial charge is 0.501 e. The Bertz CT molecular complexity index is 1390. The van der Waals surface area contributed by atoms with Crippen molar-refractivity contribution >= 4 is 27.4 Å². The number of aryl methyl sites for hydroxylation is 1. The van der Waals surface area contributed by atoms with Crippen LogP contribution in [-0.2, 0) is 25.8 Å². The van der Waals surface area contributed by atoms with Gasteiger partial charge in [-0.2, -0.15) is 13.2 Å². The summed E-state index contributed by atoms with van der Waals surface area (Å²) in [7, 11) is -4.17. The molecule has 0 spiro atoms. The highest BCUT2D eigenvalue weighted by molar-refractivity contribution is 7.92. The summed E-state index contributed by atoms with van der Waals surface area (Å²) in [5.74, 6) is -2.17. The average Bonchev–Trinajstić information content (AvgIpc) is 3.48. The van der Waals surface area contributed by atoms with Crippen LogP contribution >= 0.6 is 0 Å². The third-order valence-electron chi connectivity index (χ3n) is 7.05. The molecule has 9 nitrogen and oxygen atoms in total. The number of methoxy groups -OCH3 is 1. The molecule has 5 atom stereocenters. The average molecular weight is 569 g/mol. The highest BCUT2D eigenvalue weighted by atomic mass is 32.2. The summed E-state index contributed by atoms with van der Waals surface area (Å²) in [6, 6.07) is 8.35. The molecule has 13 heteroatoms. The summed E-state index contributed by atoms with van der Waals surface area (Å²) in [4.78, 5) is 23.3. The molecule has 2 aliphatic carbocycles. The fourth-order valence-electron chi connectivity index (χ4n) is 5.18. The maximum Gasteiger partial charge on any atom is 0.501 e. The van der Waals surface area contributed by atoms with Gasteiger partial charge in [0.15, 0.2) is 0 Å². The first-order valence-corrected chi connectivity index (χ1v) is 13.5. The van der Waals surface area contributed by atoms with Gasteiger partial charge in [-0.1, -0.05) is 24.3 Å². The lowest BCUT2D eigenvalue weighted by Gasteiger charge is -2.31. The molecule has 2 aromatic carbocycles. The molecule has 2 bridgehead atoms. The van der Waals surface area contributed by atoms with Crippen LogP contribution in [0.25, 0.3) is 0 Å². The summed E-state index contributed by atoms with van der Waals surface area (Å²) < 4.78 is 67.9. The molecular weight excluding hydrogens is 541 g/mol. The van der Waals surface area contributed by atoms with Gasteiger partial charge >= 0.3 is 11.5 Å². The number of ether oxygens (including phenoxy) is 1. The summed E-state index contributed by atoms with van der Waals surface area (Å²) in [6.45, 7) is 0. The number of aliphatic carboxylic acids is 1. The summed E-state index contributed by atoms with van der Waals surface area (Å²) in [6.07, 6.45) is 3.27. The van der Waals surface area contributed by atoms with Crippen LogP contribution in [-0.4, -0.2) is 49.2 Å². The predicted octanol–water partition coefficient (Wildman–Crippen LogP) is 3.42. The summed E-state index contributed by atoms with van der Waals surface area (Å²) in [5.41, 5.74) is -4.56. The quantitative estimate of drug-likeness (QED) is 0.252. The number of nitrogens with one attached hydrogen (secondary N) is 2. The van der Waals surface area contributed by atoms with Gasteiger partial charge in [0.25, 0.3) is 9.84 Å². The van der Waals surface area contributed by atoms with Gasteiger partial charge < -0.3 is 20.3 Å². The first-order valence-electron chi connectivity index (χ1n) is 12.0. The number of amides is 1. The second-order valence-corrected chi connectivity index (χ2v) is 11.4. The Morgan fingerprint density at radius 3 is 2.51 bits per heavy atom. The maximum absolute atomic E-state index is 13.3. The minimum absolute atomic E-state index is 0.0970. The van der Waals surface area contributed by atoms with Crippen LogP contribution in [0, 0.1) is 17.8 Å². The number of hydrogen-bond donors (Lipinski definition) is 4. The van der Waals surface area contributed by atoms with Crippen molar-refractivity contribution in [1.29, 1.82) is 0 Å². The van der Waals surface area contributed by atoms with E-state index in [0.717, 1.165) is 18.2 Å². The number of benzene rings is 2. The van der Waals surface area contributed by atoms with Crippen molar-refractivity contribution in [2.75, 3.05) is 12.4 Å². The van der Waals surface area contributed by atoms with Crippen molar-refractivity contribution in [3.63, 3.8) is 0 Å². The smallest absolute Gasteiger partial charge is 0.496 e. The summed E-state index contributed by atoms with van der Waals surface area (Å²) >= 11 is 0. The van der Waals surface area contributed by atoms with Gasteiger partial charge in [0.1, 0.15) is 12.0 Å². The van der Waals surface area contributed by atoms with Gasteiger partial charge in [-0.15, -0.1) is 0 Å². The molecule has 1 unspecified atom stereocenters. The number of halogens is 3. The lowest BCUT2D eigenvalue weighted by molar-refractivity contribution is -0.137. The first kappa shape index (κ1) is 28.6. The van der Waals surface area contributed by atoms with Gasteiger partial charge in [0.05, 0.1) is 17.9 Å². The van der Waals surface area contributed by atoms with E-state index < -0.39 is 50.3 Å². The molecule has 0 radical (unpaired) electrons. The molecule has 2 aromatic rings. The van der Waals surface area contributed by atoms with Crippen molar-refractivity contribution in [1.82, 2.24) is 5.32 Å². The molecule has 0 saturated heterocycles. The van der Waals surface area contributed by atoms with Crippen LogP contribution in [0.4, 0.5) is 18.9 Å². The molecule has 2 aliphatic rings. The number of anilines is 1. The zero-order chi connectivity index (χ0) is 28.5. The fourth-order valence-corrected chi connectivity index (χ4v) is 5.99. The molecule has 0 aromatic heterocycles. The van der Waals surface area contributed by atoms with Crippen molar-refractivity contribution in [3.8, 4) is 5.75 Å². The van der Waals surface area contributed by atoms with Crippen molar-refractivity contribution in [2.24, 2.45) is 17.8 Å². The van der Waals surface area contributed by atoms with Gasteiger partial charge in [-0.25, -0.2) is 8.42 Å². The van der Waals surface area contributed by atoms with E-state index in [2.05, 4.69) is 10.6 Å². The molecule has 39 heavy (non-hydrogen) atoms. The number of sulfone groups is 1. The number of aliphatic hydroxyl groups is 1. The van der Waals surface area contributed by atoms with Crippen LogP contribution in [0.1, 0.15) is 30.2 Å². The van der Waals surface area contributed by atoms with Crippen LogP contribution in [0.5, 0.6) is 5.75 Å². The third kappa shape index (κ3) is 5.94. The Balaban J connectivity index is 1.53. The van der Waals surface area contributed by atoms with E-state index in [-0.39, 0.29) is 30.4 Å². The standard InChI is InChI=1S/C26H27F3N2O7S/c1-38-20-9-5-14(6-10-21(32)33)11-19(20)24(34)31-23-16-8-7-15(12-16)22(23)25(35)30-17-3-2-4-18(13-17)39(36,37)26(27,28)29/h2-5,7-9,11,13,15-16,22-24,31,34H,6,10,12H2,1H3,(H,30,35)(H,32,33)/t15-,16+,22+,23-,24?/m1/s1. The minimum atomic E-state index is -5.59. The molecule has 1 fully saturated rings. The second-order valence-electron chi connectivity index (χ2n) is 9.51. The maximum atomic E-state index is 13.3. The van der Waals surface area contributed by atoms with Crippen LogP contribution in [0.3, 0.4) is 0 Å². The van der Waals surface area contributed by atoms with Crippen LogP contribution < -0.4 is 15.4 Å². The number of rotatable bonds is 10.